The number of likely N-dealkylation sites (N-methyl/N-ethyl adjacent to an activating group) is 1. The number of hydrazone groups is 1. The zero-order chi connectivity index (χ0) is 18.8. The van der Waals surface area contributed by atoms with E-state index in [0.717, 1.165) is 30.7 Å². The first-order valence-corrected chi connectivity index (χ1v) is 8.58. The van der Waals surface area contributed by atoms with Crippen molar-refractivity contribution < 1.29 is 5.11 Å². The molecule has 26 heavy (non-hydrogen) atoms. The standard InChI is InChI=1S/C17H20ClN5O3/c1-11(20-22-9-7-21(2)8-10-22)14-15(24)19-17(26)23(16(14)25)13-5-3-12(18)4-6-13/h3-6,25H,7-10H2,1-2H3,(H,19,24,26)/b20-11+. The highest BCUT2D eigenvalue weighted by Gasteiger charge is 2.19. The van der Waals surface area contributed by atoms with Crippen molar-refractivity contribution >= 4 is 17.3 Å². The molecule has 138 valence electrons. The summed E-state index contributed by atoms with van der Waals surface area (Å²) in [7, 11) is 2.03. The van der Waals surface area contributed by atoms with E-state index in [9.17, 15) is 14.7 Å². The molecular formula is C17H20ClN5O3. The lowest BCUT2D eigenvalue weighted by molar-refractivity contribution is 0.159. The van der Waals surface area contributed by atoms with E-state index in [4.69, 9.17) is 11.6 Å². The van der Waals surface area contributed by atoms with Crippen molar-refractivity contribution in [1.82, 2.24) is 19.5 Å². The van der Waals surface area contributed by atoms with Crippen LogP contribution in [0.3, 0.4) is 0 Å². The number of benzene rings is 1. The van der Waals surface area contributed by atoms with Crippen molar-refractivity contribution in [2.45, 2.75) is 6.92 Å². The van der Waals surface area contributed by atoms with Crippen molar-refractivity contribution in [2.75, 3.05) is 33.2 Å². The van der Waals surface area contributed by atoms with Gasteiger partial charge in [-0.3, -0.25) is 14.8 Å². The summed E-state index contributed by atoms with van der Waals surface area (Å²) in [4.78, 5) is 28.9. The van der Waals surface area contributed by atoms with Gasteiger partial charge in [0.1, 0.15) is 5.56 Å². The Balaban J connectivity index is 2.05. The molecule has 0 spiro atoms. The molecule has 0 unspecified atom stereocenters. The Kier molecular flexibility index (Phi) is 5.15. The Hall–Kier alpha value is -2.58. The maximum atomic E-state index is 12.3. The van der Waals surface area contributed by atoms with E-state index < -0.39 is 17.1 Å². The minimum Gasteiger partial charge on any atom is -0.493 e. The minimum atomic E-state index is -0.731. The molecule has 0 radical (unpaired) electrons. The molecule has 1 fully saturated rings. The average Bonchev–Trinajstić information content (AvgIpc) is 2.58. The molecule has 1 aromatic heterocycles. The predicted molar refractivity (Wildman–Crippen MR) is 101 cm³/mol. The summed E-state index contributed by atoms with van der Waals surface area (Å²) in [5, 5.41) is 17.4. The van der Waals surface area contributed by atoms with Gasteiger partial charge in [0.2, 0.25) is 5.88 Å². The average molecular weight is 378 g/mol. The molecule has 0 aliphatic carbocycles. The SMILES string of the molecule is C/C(=N\N1CCN(C)CC1)c1c(O)n(-c2ccc(Cl)cc2)c(=O)[nH]c1=O. The number of aromatic nitrogens is 2. The van der Waals surface area contributed by atoms with E-state index in [0.29, 0.717) is 16.4 Å². The van der Waals surface area contributed by atoms with Gasteiger partial charge in [-0.2, -0.15) is 5.10 Å². The Morgan fingerprint density at radius 1 is 1.15 bits per heavy atom. The monoisotopic (exact) mass is 377 g/mol. The molecule has 1 aromatic carbocycles. The van der Waals surface area contributed by atoms with Crippen LogP contribution in [0.25, 0.3) is 5.69 Å². The Morgan fingerprint density at radius 2 is 1.77 bits per heavy atom. The second-order valence-electron chi connectivity index (χ2n) is 6.21. The van der Waals surface area contributed by atoms with Crippen LogP contribution in [0, 0.1) is 0 Å². The van der Waals surface area contributed by atoms with Gasteiger partial charge in [-0.05, 0) is 38.2 Å². The number of hydrogen-bond donors (Lipinski definition) is 2. The third-order valence-electron chi connectivity index (χ3n) is 4.30. The molecular weight excluding hydrogens is 358 g/mol. The summed E-state index contributed by atoms with van der Waals surface area (Å²) in [6.07, 6.45) is 0. The van der Waals surface area contributed by atoms with Crippen molar-refractivity contribution in [2.24, 2.45) is 5.10 Å². The Morgan fingerprint density at radius 3 is 2.38 bits per heavy atom. The lowest BCUT2D eigenvalue weighted by atomic mass is 10.2. The number of piperazine rings is 1. The molecule has 2 N–H and O–H groups in total. The van der Waals surface area contributed by atoms with Crippen LogP contribution in [-0.4, -0.2) is 63.5 Å². The Bertz CT molecular complexity index is 940. The molecule has 1 aliphatic heterocycles. The molecule has 0 bridgehead atoms. The first-order chi connectivity index (χ1) is 12.4. The van der Waals surface area contributed by atoms with Gasteiger partial charge in [0.15, 0.2) is 0 Å². The Labute approximate surface area is 154 Å². The lowest BCUT2D eigenvalue weighted by Gasteiger charge is -2.30. The lowest BCUT2D eigenvalue weighted by Crippen LogP contribution is -2.42. The summed E-state index contributed by atoms with van der Waals surface area (Å²) in [6, 6.07) is 6.36. The van der Waals surface area contributed by atoms with E-state index in [2.05, 4.69) is 15.0 Å². The first-order valence-electron chi connectivity index (χ1n) is 8.20. The first kappa shape index (κ1) is 18.2. The number of hydrogen-bond acceptors (Lipinski definition) is 6. The van der Waals surface area contributed by atoms with Crippen molar-refractivity contribution in [3.63, 3.8) is 0 Å². The maximum absolute atomic E-state index is 12.3. The van der Waals surface area contributed by atoms with Crippen LogP contribution in [0.15, 0.2) is 39.0 Å². The maximum Gasteiger partial charge on any atom is 0.335 e. The topological polar surface area (TPSA) is 93.9 Å². The van der Waals surface area contributed by atoms with E-state index in [1.165, 1.54) is 0 Å². The third kappa shape index (κ3) is 3.66. The summed E-state index contributed by atoms with van der Waals surface area (Å²) in [5.41, 5.74) is -0.699. The van der Waals surface area contributed by atoms with Crippen LogP contribution in [-0.2, 0) is 0 Å². The molecule has 2 heterocycles. The third-order valence-corrected chi connectivity index (χ3v) is 4.56. The largest absolute Gasteiger partial charge is 0.493 e. The summed E-state index contributed by atoms with van der Waals surface area (Å²) >= 11 is 5.87. The zero-order valence-corrected chi connectivity index (χ0v) is 15.3. The molecule has 1 saturated heterocycles. The highest BCUT2D eigenvalue weighted by molar-refractivity contribution is 6.30. The van der Waals surface area contributed by atoms with Gasteiger partial charge in [0.25, 0.3) is 5.56 Å². The molecule has 0 saturated carbocycles. The van der Waals surface area contributed by atoms with Gasteiger partial charge in [-0.15, -0.1) is 0 Å². The van der Waals surface area contributed by atoms with Crippen LogP contribution in [0.4, 0.5) is 0 Å². The van der Waals surface area contributed by atoms with Gasteiger partial charge in [0, 0.05) is 31.2 Å². The number of aromatic hydroxyl groups is 1. The summed E-state index contributed by atoms with van der Waals surface area (Å²) in [6.45, 7) is 4.82. The zero-order valence-electron chi connectivity index (χ0n) is 14.6. The highest BCUT2D eigenvalue weighted by atomic mass is 35.5. The number of nitrogens with zero attached hydrogens (tertiary/aromatic N) is 4. The van der Waals surface area contributed by atoms with Crippen molar-refractivity contribution in [3.8, 4) is 11.6 Å². The van der Waals surface area contributed by atoms with Crippen LogP contribution in [0.2, 0.25) is 5.02 Å². The molecule has 8 nitrogen and oxygen atoms in total. The van der Waals surface area contributed by atoms with Gasteiger partial charge >= 0.3 is 5.69 Å². The fourth-order valence-corrected chi connectivity index (χ4v) is 2.96. The minimum absolute atomic E-state index is 0.0292. The number of nitrogens with one attached hydrogen (secondary N) is 1. The molecule has 2 aromatic rings. The fourth-order valence-electron chi connectivity index (χ4n) is 2.84. The second-order valence-corrected chi connectivity index (χ2v) is 6.65. The van der Waals surface area contributed by atoms with E-state index in [1.54, 1.807) is 31.2 Å². The van der Waals surface area contributed by atoms with Gasteiger partial charge in [-0.1, -0.05) is 11.6 Å². The number of rotatable bonds is 3. The number of halogens is 1. The molecule has 3 rings (SSSR count). The number of aromatic amines is 1. The van der Waals surface area contributed by atoms with Gasteiger partial charge in [-0.25, -0.2) is 9.36 Å². The molecule has 9 heteroatoms. The molecule has 0 atom stereocenters. The van der Waals surface area contributed by atoms with Gasteiger partial charge < -0.3 is 10.0 Å². The van der Waals surface area contributed by atoms with Crippen molar-refractivity contribution in [3.05, 3.63) is 55.7 Å². The van der Waals surface area contributed by atoms with Crippen LogP contribution < -0.4 is 11.2 Å². The van der Waals surface area contributed by atoms with Crippen LogP contribution in [0.5, 0.6) is 5.88 Å². The molecule has 0 amide bonds. The van der Waals surface area contributed by atoms with E-state index in [-0.39, 0.29) is 5.56 Å². The van der Waals surface area contributed by atoms with Gasteiger partial charge in [0.05, 0.1) is 11.4 Å². The van der Waals surface area contributed by atoms with E-state index >= 15 is 0 Å². The van der Waals surface area contributed by atoms with Crippen LogP contribution >= 0.6 is 11.6 Å². The normalized spacial score (nSPS) is 16.1. The summed E-state index contributed by atoms with van der Waals surface area (Å²) < 4.78 is 1.02. The van der Waals surface area contributed by atoms with Crippen molar-refractivity contribution in [1.29, 1.82) is 0 Å². The highest BCUT2D eigenvalue weighted by Crippen LogP contribution is 2.19. The summed E-state index contributed by atoms with van der Waals surface area (Å²) in [5.74, 6) is -0.448. The van der Waals surface area contributed by atoms with E-state index in [1.807, 2.05) is 12.1 Å². The van der Waals surface area contributed by atoms with Crippen LogP contribution in [0.1, 0.15) is 12.5 Å². The number of H-pyrrole nitrogens is 1. The second kappa shape index (κ2) is 7.35. The smallest absolute Gasteiger partial charge is 0.335 e. The molecule has 1 aliphatic rings. The quantitative estimate of drug-likeness (QED) is 0.774. The fraction of sp³-hybridized carbons (Fsp3) is 0.353. The predicted octanol–water partition coefficient (Wildman–Crippen LogP) is 0.856.